The molecule has 1 fully saturated rings. The topological polar surface area (TPSA) is 414 Å². The third kappa shape index (κ3) is 19.6. The predicted molar refractivity (Wildman–Crippen MR) is 291 cm³/mol. The van der Waals surface area contributed by atoms with Crippen LogP contribution in [0.25, 0.3) is 10.9 Å². The van der Waals surface area contributed by atoms with Crippen LogP contribution < -0.4 is 65.1 Å². The van der Waals surface area contributed by atoms with Crippen LogP contribution in [0.5, 0.6) is 0 Å². The van der Waals surface area contributed by atoms with Crippen LogP contribution in [0.4, 0.5) is 0 Å². The molecule has 10 amide bonds. The van der Waals surface area contributed by atoms with E-state index in [0.717, 1.165) is 5.52 Å². The summed E-state index contributed by atoms with van der Waals surface area (Å²) >= 11 is 0. The third-order valence-electron chi connectivity index (χ3n) is 13.0. The van der Waals surface area contributed by atoms with Gasteiger partial charge in [-0.2, -0.15) is 0 Å². The van der Waals surface area contributed by atoms with E-state index in [9.17, 15) is 47.9 Å². The molecule has 0 unspecified atom stereocenters. The molecule has 0 saturated carbocycles. The number of aromatic amines is 2. The summed E-state index contributed by atoms with van der Waals surface area (Å²) in [5.74, 6) is -8.77. The van der Waals surface area contributed by atoms with Gasteiger partial charge in [0.2, 0.25) is 59.1 Å². The first kappa shape index (κ1) is 61.0. The number of aromatic nitrogens is 3. The second kappa shape index (κ2) is 30.2. The van der Waals surface area contributed by atoms with Crippen LogP contribution in [0.2, 0.25) is 0 Å². The van der Waals surface area contributed by atoms with E-state index in [1.165, 1.54) is 12.5 Å². The van der Waals surface area contributed by atoms with E-state index in [1.54, 1.807) is 70.3 Å². The van der Waals surface area contributed by atoms with Crippen molar-refractivity contribution in [3.8, 4) is 0 Å². The van der Waals surface area contributed by atoms with E-state index in [-0.39, 0.29) is 76.8 Å². The van der Waals surface area contributed by atoms with E-state index in [2.05, 4.69) is 67.8 Å². The van der Waals surface area contributed by atoms with Gasteiger partial charge in [-0.25, -0.2) is 4.98 Å². The van der Waals surface area contributed by atoms with Crippen molar-refractivity contribution in [3.05, 3.63) is 90.1 Å². The minimum Gasteiger partial charge on any atom is -0.370 e. The lowest BCUT2D eigenvalue weighted by atomic mass is 9.98. The fourth-order valence-electron chi connectivity index (χ4n) is 8.70. The Kier molecular flexibility index (Phi) is 23.3. The Morgan fingerprint density at radius 3 is 1.96 bits per heavy atom. The molecule has 7 atom stereocenters. The Morgan fingerprint density at radius 2 is 1.30 bits per heavy atom. The van der Waals surface area contributed by atoms with Crippen LogP contribution in [-0.2, 0) is 67.2 Å². The van der Waals surface area contributed by atoms with E-state index in [1.807, 2.05) is 18.2 Å². The van der Waals surface area contributed by atoms with Crippen LogP contribution in [0.1, 0.15) is 83.0 Å². The highest BCUT2D eigenvalue weighted by Crippen LogP contribution is 2.20. The van der Waals surface area contributed by atoms with Crippen molar-refractivity contribution in [1.29, 1.82) is 0 Å². The molecule has 1 saturated heterocycles. The number of nitrogens with one attached hydrogen (secondary N) is 11. The number of guanidine groups is 1. The molecule has 79 heavy (non-hydrogen) atoms. The van der Waals surface area contributed by atoms with Gasteiger partial charge >= 0.3 is 0 Å². The number of amides is 10. The number of fused-ring (bicyclic) bond motifs is 1. The van der Waals surface area contributed by atoms with Crippen LogP contribution in [-0.4, -0.2) is 142 Å². The molecule has 0 aliphatic carbocycles. The van der Waals surface area contributed by atoms with Gasteiger partial charge in [0.25, 0.3) is 0 Å². The summed E-state index contributed by atoms with van der Waals surface area (Å²) in [7, 11) is 0. The van der Waals surface area contributed by atoms with Gasteiger partial charge in [0.15, 0.2) is 5.96 Å². The van der Waals surface area contributed by atoms with E-state index in [0.29, 0.717) is 22.2 Å². The SMILES string of the molecule is CC(C)[C@H](NC(=O)[C@@H]1CCC(=O)NCCCC(=O)N[C@@H](Cc2cnc[nH]2)C(=O)N[C@H](Cc2ccccc2)C(=O)N[C@@H](CCCN=C(N)N)C(=O)N[C@@H](Cc2c[nH]c3ccccc23)C(=O)N1)C(=O)N[C@H](C(=O)NCC(N)=O)C(C)C. The van der Waals surface area contributed by atoms with Gasteiger partial charge in [-0.3, -0.25) is 52.9 Å². The predicted octanol–water partition coefficient (Wildman–Crippen LogP) is -2.03. The van der Waals surface area contributed by atoms with Gasteiger partial charge in [0.05, 0.1) is 12.9 Å². The Balaban J connectivity index is 1.54. The number of para-hydroxylation sites is 1. The maximum absolute atomic E-state index is 14.9. The second-order valence-electron chi connectivity index (χ2n) is 20.0. The van der Waals surface area contributed by atoms with Gasteiger partial charge in [-0.1, -0.05) is 76.2 Å². The van der Waals surface area contributed by atoms with Crippen molar-refractivity contribution in [2.24, 2.45) is 34.0 Å². The Morgan fingerprint density at radius 1 is 0.684 bits per heavy atom. The summed E-state index contributed by atoms with van der Waals surface area (Å²) in [6, 6.07) is 6.64. The molecule has 2 aromatic carbocycles. The minimum atomic E-state index is -1.53. The zero-order chi connectivity index (χ0) is 57.6. The number of carbonyl (C=O) groups excluding carboxylic acids is 10. The minimum absolute atomic E-state index is 0.00229. The molecule has 26 nitrogen and oxygen atoms in total. The number of nitrogens with zero attached hydrogens (tertiary/aromatic N) is 2. The van der Waals surface area contributed by atoms with Crippen molar-refractivity contribution in [2.45, 2.75) is 128 Å². The number of imidazole rings is 1. The molecular formula is C53H74N16O10. The third-order valence-corrected chi connectivity index (χ3v) is 13.0. The summed E-state index contributed by atoms with van der Waals surface area (Å²) < 4.78 is 0. The Bertz CT molecular complexity index is 2780. The summed E-state index contributed by atoms with van der Waals surface area (Å²) in [6.07, 6.45) is 3.67. The van der Waals surface area contributed by atoms with Crippen LogP contribution in [0, 0.1) is 11.8 Å². The molecule has 17 N–H and O–H groups in total. The number of hydrogen-bond donors (Lipinski definition) is 14. The molecule has 426 valence electrons. The van der Waals surface area contributed by atoms with Gasteiger partial charge in [0, 0.05) is 74.2 Å². The molecule has 2 aromatic heterocycles. The maximum Gasteiger partial charge on any atom is 0.243 e. The largest absolute Gasteiger partial charge is 0.370 e. The molecule has 3 heterocycles. The normalized spacial score (nSPS) is 20.1. The summed E-state index contributed by atoms with van der Waals surface area (Å²) in [5, 5.41) is 24.9. The maximum atomic E-state index is 14.9. The van der Waals surface area contributed by atoms with E-state index in [4.69, 9.17) is 17.2 Å². The number of benzene rings is 2. The molecule has 0 radical (unpaired) electrons. The number of aliphatic imine (C=N–C) groups is 1. The second-order valence-corrected chi connectivity index (χ2v) is 20.0. The first-order valence-electron chi connectivity index (χ1n) is 26.2. The highest BCUT2D eigenvalue weighted by atomic mass is 16.2. The number of H-pyrrole nitrogens is 2. The molecule has 26 heteroatoms. The summed E-state index contributed by atoms with van der Waals surface area (Å²) in [6.45, 7) is 6.17. The summed E-state index contributed by atoms with van der Waals surface area (Å²) in [5.41, 5.74) is 18.9. The Hall–Kier alpha value is -8.84. The fraction of sp³-hybridized carbons (Fsp3) is 0.472. The number of primary amides is 1. The lowest BCUT2D eigenvalue weighted by molar-refractivity contribution is -0.136. The number of rotatable bonds is 19. The molecule has 1 aliphatic heterocycles. The molecule has 0 bridgehead atoms. The van der Waals surface area contributed by atoms with Gasteiger partial charge in [0.1, 0.15) is 42.3 Å². The monoisotopic (exact) mass is 1090 g/mol. The quantitative estimate of drug-likeness (QED) is 0.0274. The summed E-state index contributed by atoms with van der Waals surface area (Å²) in [4.78, 5) is 153. The highest BCUT2D eigenvalue weighted by molar-refractivity contribution is 5.99. The zero-order valence-corrected chi connectivity index (χ0v) is 44.8. The van der Waals surface area contributed by atoms with Crippen LogP contribution in [0.3, 0.4) is 0 Å². The van der Waals surface area contributed by atoms with Gasteiger partial charge in [-0.05, 0) is 54.7 Å². The zero-order valence-electron chi connectivity index (χ0n) is 44.8. The standard InChI is InChI=1S/C53H74N16O10/c1-29(2)44(51(78)61-27-41(54)70)69-52(79)45(30(3)4)68-47(74)37-18-19-42(71)58-20-11-17-43(72)63-40(24-33-26-57-28-62-33)50(77)66-38(22-31-12-6-5-7-13-31)48(75)64-36(16-10-21-59-53(55)56)46(73)67-39(49(76)65-37)23-32-25-60-35-15-9-8-14-34(32)35/h5-9,12-15,25-26,28-30,36-40,44-45,60H,10-11,16-24,27H2,1-4H3,(H2,54,70)(H,57,62)(H,58,71)(H,61,78)(H,63,72)(H,64,75)(H,65,76)(H,66,77)(H,67,73)(H,68,74)(H,69,79)(H4,55,56,59)/t36-,37-,38+,39-,40-,44-,45-/m0/s1. The fourth-order valence-corrected chi connectivity index (χ4v) is 8.70. The number of hydrogen-bond acceptors (Lipinski definition) is 12. The number of nitrogens with two attached hydrogens (primary N) is 3. The lowest BCUT2D eigenvalue weighted by Crippen LogP contribution is -2.61. The first-order chi connectivity index (χ1) is 37.7. The molecule has 4 aromatic rings. The highest BCUT2D eigenvalue weighted by Gasteiger charge is 2.36. The van der Waals surface area contributed by atoms with Crippen molar-refractivity contribution in [2.75, 3.05) is 19.6 Å². The molecule has 5 rings (SSSR count). The van der Waals surface area contributed by atoms with Crippen molar-refractivity contribution in [1.82, 2.24) is 62.8 Å². The van der Waals surface area contributed by atoms with Crippen LogP contribution in [0.15, 0.2) is 78.3 Å². The molecule has 0 spiro atoms. The average Bonchev–Trinajstić information content (AvgIpc) is 4.14. The van der Waals surface area contributed by atoms with Crippen molar-refractivity contribution >= 4 is 75.9 Å². The lowest BCUT2D eigenvalue weighted by Gasteiger charge is -2.29. The van der Waals surface area contributed by atoms with Crippen LogP contribution >= 0.6 is 0 Å². The molecular weight excluding hydrogens is 1020 g/mol. The van der Waals surface area contributed by atoms with Gasteiger partial charge in [-0.15, -0.1) is 0 Å². The van der Waals surface area contributed by atoms with E-state index < -0.39 is 120 Å². The smallest absolute Gasteiger partial charge is 0.243 e. The van der Waals surface area contributed by atoms with E-state index >= 15 is 0 Å². The average molecular weight is 1100 g/mol. The molecule has 1 aliphatic rings. The first-order valence-corrected chi connectivity index (χ1v) is 26.2. The Labute approximate surface area is 456 Å². The van der Waals surface area contributed by atoms with Crippen molar-refractivity contribution in [3.63, 3.8) is 0 Å². The van der Waals surface area contributed by atoms with Crippen molar-refractivity contribution < 1.29 is 47.9 Å². The number of carbonyl (C=O) groups is 10. The van der Waals surface area contributed by atoms with Gasteiger partial charge < -0.3 is 75.0 Å².